The Hall–Kier alpha value is -1.24. The van der Waals surface area contributed by atoms with Crippen molar-refractivity contribution < 1.29 is 18.9 Å². The van der Waals surface area contributed by atoms with Crippen molar-refractivity contribution in [3.8, 4) is 0 Å². The minimum atomic E-state index is -0.225. The van der Waals surface area contributed by atoms with Crippen LogP contribution in [0.5, 0.6) is 0 Å². The third kappa shape index (κ3) is 4.02. The Morgan fingerprint density at radius 1 is 0.846 bits per heavy atom. The molecule has 2 aromatic rings. The predicted molar refractivity (Wildman–Crippen MR) is 102 cm³/mol. The molecule has 0 unspecified atom stereocenters. The van der Waals surface area contributed by atoms with E-state index in [0.717, 1.165) is 16.5 Å². The number of halogens is 1. The maximum Gasteiger partial charge on any atom is 0.164 e. The van der Waals surface area contributed by atoms with Gasteiger partial charge in [-0.1, -0.05) is 76.6 Å². The van der Waals surface area contributed by atoms with Gasteiger partial charge in [0.1, 0.15) is 12.2 Å². The molecule has 0 radical (unpaired) electrons. The molecule has 2 bridgehead atoms. The first kappa shape index (κ1) is 18.1. The SMILES string of the molecule is BrC[C@@H]1[C@@H]2OC[C@@H](O2)[C@@H](OCc2ccccc2)[C@@H]1OCc1ccccc1. The zero-order valence-electron chi connectivity index (χ0n) is 14.5. The van der Waals surface area contributed by atoms with Gasteiger partial charge in [-0.3, -0.25) is 0 Å². The maximum absolute atomic E-state index is 6.34. The zero-order chi connectivity index (χ0) is 17.8. The molecule has 0 spiro atoms. The summed E-state index contributed by atoms with van der Waals surface area (Å²) < 4.78 is 24.5. The van der Waals surface area contributed by atoms with Crippen LogP contribution in [0, 0.1) is 5.92 Å². The van der Waals surface area contributed by atoms with Crippen molar-refractivity contribution >= 4 is 15.9 Å². The molecule has 5 heteroatoms. The molecule has 2 aromatic carbocycles. The van der Waals surface area contributed by atoms with Crippen molar-refractivity contribution in [3.63, 3.8) is 0 Å². The van der Waals surface area contributed by atoms with Crippen LogP contribution in [0.1, 0.15) is 11.1 Å². The third-order valence-electron chi connectivity index (χ3n) is 4.94. The van der Waals surface area contributed by atoms with Gasteiger partial charge in [-0.15, -0.1) is 0 Å². The third-order valence-corrected chi connectivity index (χ3v) is 5.69. The highest BCUT2D eigenvalue weighted by Crippen LogP contribution is 2.37. The molecule has 26 heavy (non-hydrogen) atoms. The van der Waals surface area contributed by atoms with Crippen LogP contribution in [0.25, 0.3) is 0 Å². The number of hydrogen-bond acceptors (Lipinski definition) is 4. The van der Waals surface area contributed by atoms with Crippen molar-refractivity contribution in [2.45, 2.75) is 37.8 Å². The molecule has 0 aromatic heterocycles. The topological polar surface area (TPSA) is 36.9 Å². The van der Waals surface area contributed by atoms with Gasteiger partial charge in [0.25, 0.3) is 0 Å². The summed E-state index contributed by atoms with van der Waals surface area (Å²) in [5.74, 6) is 0.0956. The minimum Gasteiger partial charge on any atom is -0.370 e. The van der Waals surface area contributed by atoms with Gasteiger partial charge in [-0.25, -0.2) is 0 Å². The van der Waals surface area contributed by atoms with Crippen LogP contribution in [0.2, 0.25) is 0 Å². The summed E-state index contributed by atoms with van der Waals surface area (Å²) in [6.45, 7) is 1.65. The van der Waals surface area contributed by atoms with Crippen LogP contribution >= 0.6 is 15.9 Å². The summed E-state index contributed by atoms with van der Waals surface area (Å²) in [5, 5.41) is 0.745. The fraction of sp³-hybridized carbons (Fsp3) is 0.429. The second-order valence-corrected chi connectivity index (χ2v) is 7.36. The van der Waals surface area contributed by atoms with Gasteiger partial charge in [-0.05, 0) is 11.1 Å². The van der Waals surface area contributed by atoms with E-state index in [9.17, 15) is 0 Å². The molecule has 0 saturated carbocycles. The van der Waals surface area contributed by atoms with Gasteiger partial charge in [0.15, 0.2) is 6.29 Å². The number of rotatable bonds is 7. The van der Waals surface area contributed by atoms with Crippen LogP contribution in [0.3, 0.4) is 0 Å². The van der Waals surface area contributed by atoms with Gasteiger partial charge in [0.2, 0.25) is 0 Å². The molecule has 2 aliphatic heterocycles. The first-order valence-electron chi connectivity index (χ1n) is 8.99. The molecule has 2 fully saturated rings. The second-order valence-electron chi connectivity index (χ2n) is 6.72. The number of benzene rings is 2. The van der Waals surface area contributed by atoms with Crippen LogP contribution in [0.4, 0.5) is 0 Å². The Morgan fingerprint density at radius 2 is 1.42 bits per heavy atom. The first-order chi connectivity index (χ1) is 12.8. The highest BCUT2D eigenvalue weighted by Gasteiger charge is 2.51. The normalized spacial score (nSPS) is 30.4. The van der Waals surface area contributed by atoms with Crippen molar-refractivity contribution in [1.29, 1.82) is 0 Å². The van der Waals surface area contributed by atoms with E-state index in [1.165, 1.54) is 0 Å². The molecule has 0 aliphatic carbocycles. The fourth-order valence-electron chi connectivity index (χ4n) is 3.56. The van der Waals surface area contributed by atoms with Crippen molar-refractivity contribution in [2.75, 3.05) is 11.9 Å². The summed E-state index contributed by atoms with van der Waals surface area (Å²) in [7, 11) is 0. The number of alkyl halides is 1. The average Bonchev–Trinajstić information content (AvgIpc) is 3.12. The van der Waals surface area contributed by atoms with Gasteiger partial charge in [-0.2, -0.15) is 0 Å². The standard InChI is InChI=1S/C21H23BrO4/c22-11-17-19(23-12-15-7-3-1-4-8-15)20(18-14-25-21(17)26-18)24-13-16-9-5-2-6-10-16/h1-10,17-21H,11-14H2/t17-,18+,19+,20+,21+/m0/s1. The molecule has 0 amide bonds. The fourth-order valence-corrected chi connectivity index (χ4v) is 4.24. The number of ether oxygens (including phenoxy) is 4. The maximum atomic E-state index is 6.34. The smallest absolute Gasteiger partial charge is 0.164 e. The molecule has 2 saturated heterocycles. The lowest BCUT2D eigenvalue weighted by Gasteiger charge is -2.40. The molecular weight excluding hydrogens is 396 g/mol. The Labute approximate surface area is 162 Å². The van der Waals surface area contributed by atoms with E-state index < -0.39 is 0 Å². The Kier molecular flexibility index (Phi) is 6.02. The van der Waals surface area contributed by atoms with Crippen molar-refractivity contribution in [3.05, 3.63) is 71.8 Å². The minimum absolute atomic E-state index is 0.0791. The van der Waals surface area contributed by atoms with E-state index in [1.54, 1.807) is 0 Å². The Bertz CT molecular complexity index is 681. The van der Waals surface area contributed by atoms with Crippen molar-refractivity contribution in [2.24, 2.45) is 5.92 Å². The Balaban J connectivity index is 1.48. The van der Waals surface area contributed by atoms with Gasteiger partial charge in [0, 0.05) is 11.2 Å². The summed E-state index contributed by atoms with van der Waals surface area (Å²) in [6, 6.07) is 20.4. The monoisotopic (exact) mass is 418 g/mol. The average molecular weight is 419 g/mol. The van der Waals surface area contributed by atoms with Crippen molar-refractivity contribution in [1.82, 2.24) is 0 Å². The molecule has 0 N–H and O–H groups in total. The lowest BCUT2D eigenvalue weighted by molar-refractivity contribution is -0.228. The largest absolute Gasteiger partial charge is 0.370 e. The van der Waals surface area contributed by atoms with E-state index >= 15 is 0 Å². The van der Waals surface area contributed by atoms with Crippen LogP contribution in [-0.2, 0) is 32.2 Å². The molecule has 2 heterocycles. The van der Waals surface area contributed by atoms with E-state index in [4.69, 9.17) is 18.9 Å². The van der Waals surface area contributed by atoms with E-state index in [-0.39, 0.29) is 30.5 Å². The van der Waals surface area contributed by atoms with Crippen LogP contribution in [0.15, 0.2) is 60.7 Å². The van der Waals surface area contributed by atoms with E-state index in [1.807, 2.05) is 36.4 Å². The molecule has 2 aliphatic rings. The van der Waals surface area contributed by atoms with E-state index in [0.29, 0.717) is 19.8 Å². The summed E-state index contributed by atoms with van der Waals surface area (Å²) in [4.78, 5) is 0. The molecule has 138 valence electrons. The highest BCUT2D eigenvalue weighted by molar-refractivity contribution is 9.09. The molecule has 4 rings (SSSR count). The summed E-state index contributed by atoms with van der Waals surface area (Å²) >= 11 is 3.61. The lowest BCUT2D eigenvalue weighted by Crippen LogP contribution is -2.53. The number of fused-ring (bicyclic) bond motifs is 2. The van der Waals surface area contributed by atoms with Crippen LogP contribution in [-0.4, -0.2) is 36.5 Å². The van der Waals surface area contributed by atoms with Gasteiger partial charge >= 0.3 is 0 Å². The highest BCUT2D eigenvalue weighted by atomic mass is 79.9. The van der Waals surface area contributed by atoms with Gasteiger partial charge < -0.3 is 18.9 Å². The van der Waals surface area contributed by atoms with Gasteiger partial charge in [0.05, 0.1) is 25.9 Å². The summed E-state index contributed by atoms with van der Waals surface area (Å²) in [5.41, 5.74) is 2.30. The summed E-state index contributed by atoms with van der Waals surface area (Å²) in [6.07, 6.45) is -0.540. The molecule has 4 nitrogen and oxygen atoms in total. The van der Waals surface area contributed by atoms with Crippen LogP contribution < -0.4 is 0 Å². The molecule has 5 atom stereocenters. The number of hydrogen-bond donors (Lipinski definition) is 0. The quantitative estimate of drug-likeness (QED) is 0.638. The second kappa shape index (κ2) is 8.63. The zero-order valence-corrected chi connectivity index (χ0v) is 16.1. The predicted octanol–water partition coefficient (Wildman–Crippen LogP) is 3.92. The molecular formula is C21H23BrO4. The lowest BCUT2D eigenvalue weighted by atomic mass is 9.93. The Morgan fingerprint density at radius 3 is 2.00 bits per heavy atom. The first-order valence-corrected chi connectivity index (χ1v) is 10.1. The van der Waals surface area contributed by atoms with E-state index in [2.05, 4.69) is 40.2 Å².